The van der Waals surface area contributed by atoms with Crippen LogP contribution < -0.4 is 0 Å². The highest BCUT2D eigenvalue weighted by Crippen LogP contribution is 2.18. The monoisotopic (exact) mass is 350 g/mol. The van der Waals surface area contributed by atoms with E-state index in [1.165, 1.54) is 5.56 Å². The molecule has 1 aliphatic heterocycles. The van der Waals surface area contributed by atoms with Gasteiger partial charge in [-0.2, -0.15) is 5.10 Å². The first-order chi connectivity index (χ1) is 12.7. The molecule has 1 aliphatic rings. The Morgan fingerprint density at radius 2 is 1.77 bits per heavy atom. The number of aromatic nitrogens is 4. The molecule has 0 N–H and O–H groups in total. The van der Waals surface area contributed by atoms with E-state index in [9.17, 15) is 4.79 Å². The maximum atomic E-state index is 13.0. The first-order valence-corrected chi connectivity index (χ1v) is 8.78. The Hall–Kier alpha value is -2.93. The Morgan fingerprint density at radius 3 is 2.46 bits per heavy atom. The number of rotatable bonds is 4. The van der Waals surface area contributed by atoms with E-state index in [-0.39, 0.29) is 5.91 Å². The zero-order valence-corrected chi connectivity index (χ0v) is 14.8. The Morgan fingerprint density at radius 1 is 1.08 bits per heavy atom. The van der Waals surface area contributed by atoms with Gasteiger partial charge in [0.25, 0.3) is 5.91 Å². The average Bonchev–Trinajstić information content (AvgIpc) is 3.32. The second kappa shape index (κ2) is 7.13. The van der Waals surface area contributed by atoms with Gasteiger partial charge < -0.3 is 9.47 Å². The van der Waals surface area contributed by atoms with Crippen LogP contribution in [0, 0.1) is 0 Å². The molecule has 7 heteroatoms. The summed E-state index contributed by atoms with van der Waals surface area (Å²) in [6.07, 6.45) is 9.17. The van der Waals surface area contributed by atoms with Crippen LogP contribution in [-0.4, -0.2) is 61.2 Å². The Bertz CT molecular complexity index is 863. The van der Waals surface area contributed by atoms with Gasteiger partial charge in [-0.05, 0) is 29.8 Å². The molecule has 134 valence electrons. The van der Waals surface area contributed by atoms with Gasteiger partial charge in [0.2, 0.25) is 0 Å². The van der Waals surface area contributed by atoms with Crippen LogP contribution in [0.2, 0.25) is 0 Å². The predicted molar refractivity (Wildman–Crippen MR) is 98.0 cm³/mol. The summed E-state index contributed by atoms with van der Waals surface area (Å²) in [6.45, 7) is 4.08. The summed E-state index contributed by atoms with van der Waals surface area (Å²) in [5.74, 6) is 0.851. The lowest BCUT2D eigenvalue weighted by atomic mass is 10.2. The molecule has 4 rings (SSSR count). The van der Waals surface area contributed by atoms with E-state index in [0.29, 0.717) is 5.56 Å². The van der Waals surface area contributed by atoms with Gasteiger partial charge in [-0.15, -0.1) is 0 Å². The third-order valence-corrected chi connectivity index (χ3v) is 4.80. The van der Waals surface area contributed by atoms with E-state index in [2.05, 4.69) is 15.0 Å². The molecular formula is C19H22N6O. The molecule has 7 nitrogen and oxygen atoms in total. The number of nitrogens with zero attached hydrogens (tertiary/aromatic N) is 6. The first kappa shape index (κ1) is 16.5. The third kappa shape index (κ3) is 3.25. The number of carbonyl (C=O) groups is 1. The van der Waals surface area contributed by atoms with E-state index in [0.717, 1.165) is 38.5 Å². The second-order valence-corrected chi connectivity index (χ2v) is 6.52. The van der Waals surface area contributed by atoms with Crippen molar-refractivity contribution in [2.75, 3.05) is 26.2 Å². The van der Waals surface area contributed by atoms with Crippen molar-refractivity contribution in [3.63, 3.8) is 0 Å². The van der Waals surface area contributed by atoms with Crippen LogP contribution in [0.25, 0.3) is 5.82 Å². The van der Waals surface area contributed by atoms with E-state index in [1.807, 2.05) is 65.6 Å². The molecule has 1 amide bonds. The van der Waals surface area contributed by atoms with Gasteiger partial charge in [-0.1, -0.05) is 0 Å². The number of pyridine rings is 1. The molecule has 4 heterocycles. The standard InChI is InChI=1S/C19H22N6O/c1-22-18(24-8-2-3-9-24)17(14-21-22)19(26)25-12-10-23(11-13-25)15-16-4-6-20-7-5-16/h2-9,14H,10-13,15H2,1H3. The molecule has 26 heavy (non-hydrogen) atoms. The lowest BCUT2D eigenvalue weighted by molar-refractivity contribution is 0.0628. The van der Waals surface area contributed by atoms with Crippen molar-refractivity contribution in [3.8, 4) is 5.82 Å². The Kier molecular flexibility index (Phi) is 4.53. The molecule has 0 aromatic carbocycles. The van der Waals surface area contributed by atoms with Gasteiger partial charge in [0.15, 0.2) is 0 Å². The number of amides is 1. The fourth-order valence-electron chi connectivity index (χ4n) is 3.39. The van der Waals surface area contributed by atoms with Gasteiger partial charge in [-0.25, -0.2) is 0 Å². The van der Waals surface area contributed by atoms with Crippen LogP contribution in [0.5, 0.6) is 0 Å². The molecular weight excluding hydrogens is 328 g/mol. The van der Waals surface area contributed by atoms with Crippen LogP contribution >= 0.6 is 0 Å². The summed E-state index contributed by atoms with van der Waals surface area (Å²) in [5.41, 5.74) is 1.90. The van der Waals surface area contributed by atoms with E-state index < -0.39 is 0 Å². The number of aryl methyl sites for hydroxylation is 1. The molecule has 3 aromatic rings. The van der Waals surface area contributed by atoms with Crippen molar-refractivity contribution in [3.05, 3.63) is 66.4 Å². The smallest absolute Gasteiger partial charge is 0.259 e. The number of hydrogen-bond donors (Lipinski definition) is 0. The summed E-state index contributed by atoms with van der Waals surface area (Å²) in [7, 11) is 1.86. The summed E-state index contributed by atoms with van der Waals surface area (Å²) in [5, 5.41) is 4.29. The van der Waals surface area contributed by atoms with Gasteiger partial charge in [0.05, 0.1) is 6.20 Å². The minimum atomic E-state index is 0.0466. The van der Waals surface area contributed by atoms with Crippen LogP contribution in [0.3, 0.4) is 0 Å². The van der Waals surface area contributed by atoms with Crippen LogP contribution in [-0.2, 0) is 13.6 Å². The molecule has 0 atom stereocenters. The Labute approximate surface area is 152 Å². The molecule has 0 bridgehead atoms. The predicted octanol–water partition coefficient (Wildman–Crippen LogP) is 1.56. The van der Waals surface area contributed by atoms with Crippen molar-refractivity contribution in [2.45, 2.75) is 6.54 Å². The molecule has 0 saturated carbocycles. The van der Waals surface area contributed by atoms with Crippen molar-refractivity contribution in [1.82, 2.24) is 29.1 Å². The van der Waals surface area contributed by atoms with Crippen LogP contribution in [0.1, 0.15) is 15.9 Å². The lowest BCUT2D eigenvalue weighted by Gasteiger charge is -2.34. The average molecular weight is 350 g/mol. The van der Waals surface area contributed by atoms with Crippen molar-refractivity contribution in [1.29, 1.82) is 0 Å². The molecule has 0 aliphatic carbocycles. The largest absolute Gasteiger partial charge is 0.336 e. The van der Waals surface area contributed by atoms with E-state index >= 15 is 0 Å². The normalized spacial score (nSPS) is 15.3. The van der Waals surface area contributed by atoms with Crippen LogP contribution in [0.15, 0.2) is 55.2 Å². The highest BCUT2D eigenvalue weighted by molar-refractivity contribution is 5.97. The topological polar surface area (TPSA) is 59.2 Å². The van der Waals surface area contributed by atoms with Crippen LogP contribution in [0.4, 0.5) is 0 Å². The third-order valence-electron chi connectivity index (χ3n) is 4.80. The SMILES string of the molecule is Cn1ncc(C(=O)N2CCN(Cc3ccncc3)CC2)c1-n1cccc1. The molecule has 3 aromatic heterocycles. The quantitative estimate of drug-likeness (QED) is 0.717. The lowest BCUT2D eigenvalue weighted by Crippen LogP contribution is -2.48. The van der Waals surface area contributed by atoms with E-state index in [4.69, 9.17) is 0 Å². The van der Waals surface area contributed by atoms with E-state index in [1.54, 1.807) is 10.9 Å². The summed E-state index contributed by atoms with van der Waals surface area (Å²) in [6, 6.07) is 7.96. The highest BCUT2D eigenvalue weighted by atomic mass is 16.2. The summed E-state index contributed by atoms with van der Waals surface area (Å²) < 4.78 is 3.67. The molecule has 0 radical (unpaired) electrons. The summed E-state index contributed by atoms with van der Waals surface area (Å²) in [4.78, 5) is 21.4. The molecule has 1 saturated heterocycles. The first-order valence-electron chi connectivity index (χ1n) is 8.78. The van der Waals surface area contributed by atoms with Gasteiger partial charge in [-0.3, -0.25) is 19.4 Å². The zero-order valence-electron chi connectivity index (χ0n) is 14.8. The number of hydrogen-bond acceptors (Lipinski definition) is 4. The van der Waals surface area contributed by atoms with Gasteiger partial charge in [0, 0.05) is 64.6 Å². The zero-order chi connectivity index (χ0) is 17.9. The Balaban J connectivity index is 1.43. The number of piperazine rings is 1. The highest BCUT2D eigenvalue weighted by Gasteiger charge is 2.26. The summed E-state index contributed by atoms with van der Waals surface area (Å²) >= 11 is 0. The molecule has 0 unspecified atom stereocenters. The molecule has 1 fully saturated rings. The maximum absolute atomic E-state index is 13.0. The van der Waals surface area contributed by atoms with Crippen molar-refractivity contribution in [2.24, 2.45) is 7.05 Å². The fourth-order valence-corrected chi connectivity index (χ4v) is 3.39. The number of carbonyl (C=O) groups excluding carboxylic acids is 1. The molecule has 0 spiro atoms. The second-order valence-electron chi connectivity index (χ2n) is 6.52. The van der Waals surface area contributed by atoms with Crippen molar-refractivity contribution < 1.29 is 4.79 Å². The van der Waals surface area contributed by atoms with Crippen molar-refractivity contribution >= 4 is 5.91 Å². The van der Waals surface area contributed by atoms with Gasteiger partial charge in [0.1, 0.15) is 11.4 Å². The maximum Gasteiger partial charge on any atom is 0.259 e. The minimum absolute atomic E-state index is 0.0466. The van der Waals surface area contributed by atoms with Gasteiger partial charge >= 0.3 is 0 Å². The minimum Gasteiger partial charge on any atom is -0.336 e. The fraction of sp³-hybridized carbons (Fsp3) is 0.316.